The molecule has 0 aliphatic heterocycles. The van der Waals surface area contributed by atoms with Gasteiger partial charge in [-0.3, -0.25) is 0 Å². The number of aryl methyl sites for hydroxylation is 1. The minimum atomic E-state index is -4.31. The Morgan fingerprint density at radius 3 is 2.19 bits per heavy atom. The van der Waals surface area contributed by atoms with E-state index in [-0.39, 0.29) is 0 Å². The van der Waals surface area contributed by atoms with Crippen molar-refractivity contribution < 1.29 is 17.9 Å². The number of aromatic nitrogens is 1. The molecule has 1 aromatic carbocycles. The number of thiazole rings is 1. The fraction of sp³-hybridized carbons (Fsp3) is 0.400. The first kappa shape index (κ1) is 17.7. The molecule has 0 saturated carbocycles. The van der Waals surface area contributed by atoms with Crippen molar-refractivity contribution in [2.75, 3.05) is 7.11 Å². The zero-order valence-electron chi connectivity index (χ0n) is 12.4. The molecule has 2 aromatic rings. The summed E-state index contributed by atoms with van der Waals surface area (Å²) in [6, 6.07) is 5.03. The smallest absolute Gasteiger partial charge is 0.379 e. The van der Waals surface area contributed by atoms with Gasteiger partial charge >= 0.3 is 6.18 Å². The van der Waals surface area contributed by atoms with E-state index in [2.05, 4.69) is 4.98 Å². The van der Waals surface area contributed by atoms with Gasteiger partial charge in [0.2, 0.25) is 0 Å². The van der Waals surface area contributed by atoms with Crippen molar-refractivity contribution in [3.63, 3.8) is 0 Å². The van der Waals surface area contributed by atoms with Gasteiger partial charge in [-0.25, -0.2) is 4.98 Å². The second-order valence-electron chi connectivity index (χ2n) is 4.04. The Kier molecular flexibility index (Phi) is 6.36. The molecular formula is C15H18F3NOS. The highest BCUT2D eigenvalue weighted by atomic mass is 32.1. The van der Waals surface area contributed by atoms with Gasteiger partial charge in [0, 0.05) is 12.7 Å². The molecule has 0 atom stereocenters. The van der Waals surface area contributed by atoms with Crippen LogP contribution in [0.4, 0.5) is 13.2 Å². The van der Waals surface area contributed by atoms with Gasteiger partial charge in [0.05, 0.1) is 22.7 Å². The summed E-state index contributed by atoms with van der Waals surface area (Å²) in [6.07, 6.45) is -4.31. The van der Waals surface area contributed by atoms with Gasteiger partial charge in [0.25, 0.3) is 0 Å². The van der Waals surface area contributed by atoms with Gasteiger partial charge in [-0.1, -0.05) is 26.0 Å². The molecule has 1 aromatic heterocycles. The van der Waals surface area contributed by atoms with E-state index in [9.17, 15) is 13.2 Å². The zero-order valence-corrected chi connectivity index (χ0v) is 13.2. The highest BCUT2D eigenvalue weighted by Crippen LogP contribution is 2.33. The summed E-state index contributed by atoms with van der Waals surface area (Å²) in [4.78, 5) is 5.33. The van der Waals surface area contributed by atoms with Gasteiger partial charge in [-0.2, -0.15) is 13.2 Å². The lowest BCUT2D eigenvalue weighted by atomic mass is 10.1. The highest BCUT2D eigenvalue weighted by molar-refractivity contribution is 7.15. The van der Waals surface area contributed by atoms with Crippen LogP contribution in [0.1, 0.15) is 30.0 Å². The second-order valence-corrected chi connectivity index (χ2v) is 5.12. The van der Waals surface area contributed by atoms with E-state index in [1.54, 1.807) is 7.11 Å². The van der Waals surface area contributed by atoms with E-state index in [1.165, 1.54) is 23.5 Å². The lowest BCUT2D eigenvalue weighted by Crippen LogP contribution is -2.03. The van der Waals surface area contributed by atoms with Crippen LogP contribution >= 0.6 is 11.3 Å². The molecule has 0 bridgehead atoms. The molecular weight excluding hydrogens is 299 g/mol. The fourth-order valence-corrected chi connectivity index (χ4v) is 2.66. The highest BCUT2D eigenvalue weighted by Gasteiger charge is 2.30. The minimum absolute atomic E-state index is 0.462. The molecule has 0 N–H and O–H groups in total. The number of hydrogen-bond acceptors (Lipinski definition) is 3. The van der Waals surface area contributed by atoms with E-state index < -0.39 is 11.7 Å². The van der Waals surface area contributed by atoms with E-state index in [1.807, 2.05) is 20.8 Å². The lowest BCUT2D eigenvalue weighted by Gasteiger charge is -2.06. The predicted octanol–water partition coefficient (Wildman–Crippen LogP) is 5.31. The van der Waals surface area contributed by atoms with Gasteiger partial charge in [0.15, 0.2) is 0 Å². The maximum Gasteiger partial charge on any atom is 0.416 e. The predicted molar refractivity (Wildman–Crippen MR) is 79.4 cm³/mol. The minimum Gasteiger partial charge on any atom is -0.379 e. The van der Waals surface area contributed by atoms with Crippen molar-refractivity contribution in [2.24, 2.45) is 0 Å². The molecule has 6 heteroatoms. The van der Waals surface area contributed by atoms with E-state index >= 15 is 0 Å². The van der Waals surface area contributed by atoms with Crippen LogP contribution in [-0.4, -0.2) is 12.1 Å². The molecule has 0 radical (unpaired) electrons. The summed E-state index contributed by atoms with van der Waals surface area (Å²) < 4.78 is 42.4. The Balaban J connectivity index is 0.00000106. The third-order valence-electron chi connectivity index (χ3n) is 2.63. The summed E-state index contributed by atoms with van der Waals surface area (Å²) in [6.45, 7) is 6.32. The number of rotatable bonds is 3. The first-order valence-corrected chi connectivity index (χ1v) is 7.36. The Morgan fingerprint density at radius 2 is 1.71 bits per heavy atom. The van der Waals surface area contributed by atoms with Gasteiger partial charge < -0.3 is 4.74 Å². The van der Waals surface area contributed by atoms with Crippen molar-refractivity contribution in [2.45, 2.75) is 33.6 Å². The Morgan fingerprint density at radius 1 is 1.14 bits per heavy atom. The Hall–Kier alpha value is -1.40. The average Bonchev–Trinajstić information content (AvgIpc) is 2.82. The number of alkyl halides is 3. The summed E-state index contributed by atoms with van der Waals surface area (Å²) >= 11 is 1.43. The standard InChI is InChI=1S/C13H12F3NOS.C2H6/c1-8-11(7-18-2)19-12(17-8)9-3-5-10(6-4-9)13(14,15)16;1-2/h3-6H,7H2,1-2H3;1-2H3. The van der Waals surface area contributed by atoms with Crippen LogP contribution in [0.5, 0.6) is 0 Å². The molecule has 1 heterocycles. The molecule has 2 nitrogen and oxygen atoms in total. The van der Waals surface area contributed by atoms with Crippen molar-refractivity contribution in [1.29, 1.82) is 0 Å². The molecule has 116 valence electrons. The molecule has 0 unspecified atom stereocenters. The molecule has 0 aliphatic rings. The van der Waals surface area contributed by atoms with Crippen LogP contribution in [0.15, 0.2) is 24.3 Å². The molecule has 0 saturated heterocycles. The van der Waals surface area contributed by atoms with Crippen LogP contribution in [0.2, 0.25) is 0 Å². The van der Waals surface area contributed by atoms with E-state index in [4.69, 9.17) is 4.74 Å². The summed E-state index contributed by atoms with van der Waals surface area (Å²) in [5.41, 5.74) is 0.881. The first-order valence-electron chi connectivity index (χ1n) is 6.54. The van der Waals surface area contributed by atoms with E-state index in [0.717, 1.165) is 22.7 Å². The largest absolute Gasteiger partial charge is 0.416 e. The monoisotopic (exact) mass is 317 g/mol. The van der Waals surface area contributed by atoms with Gasteiger partial charge in [-0.05, 0) is 19.1 Å². The van der Waals surface area contributed by atoms with Crippen molar-refractivity contribution >= 4 is 11.3 Å². The van der Waals surface area contributed by atoms with E-state index in [0.29, 0.717) is 17.2 Å². The maximum atomic E-state index is 12.5. The van der Waals surface area contributed by atoms with Crippen molar-refractivity contribution in [3.05, 3.63) is 40.4 Å². The summed E-state index contributed by atoms with van der Waals surface area (Å²) in [7, 11) is 1.59. The molecule has 0 amide bonds. The van der Waals surface area contributed by atoms with Crippen LogP contribution in [0, 0.1) is 6.92 Å². The number of halogens is 3. The third kappa shape index (κ3) is 4.54. The van der Waals surface area contributed by atoms with Crippen LogP contribution < -0.4 is 0 Å². The number of ether oxygens (including phenoxy) is 1. The summed E-state index contributed by atoms with van der Waals surface area (Å²) in [5, 5.41) is 0.707. The normalized spacial score (nSPS) is 11.0. The van der Waals surface area contributed by atoms with Gasteiger partial charge in [0.1, 0.15) is 5.01 Å². The first-order chi connectivity index (χ1) is 9.91. The van der Waals surface area contributed by atoms with Gasteiger partial charge in [-0.15, -0.1) is 11.3 Å². The van der Waals surface area contributed by atoms with Crippen molar-refractivity contribution in [3.8, 4) is 10.6 Å². The molecule has 0 aliphatic carbocycles. The molecule has 2 rings (SSSR count). The fourth-order valence-electron chi connectivity index (χ4n) is 1.62. The molecule has 0 fully saturated rings. The number of benzene rings is 1. The van der Waals surface area contributed by atoms with Crippen LogP contribution in [-0.2, 0) is 17.5 Å². The third-order valence-corrected chi connectivity index (χ3v) is 3.81. The average molecular weight is 317 g/mol. The second kappa shape index (κ2) is 7.56. The van der Waals surface area contributed by atoms with Crippen molar-refractivity contribution in [1.82, 2.24) is 4.98 Å². The number of hydrogen-bond donors (Lipinski definition) is 0. The number of methoxy groups -OCH3 is 1. The topological polar surface area (TPSA) is 22.1 Å². The number of nitrogens with zero attached hydrogens (tertiary/aromatic N) is 1. The maximum absolute atomic E-state index is 12.5. The van der Waals surface area contributed by atoms with Crippen LogP contribution in [0.3, 0.4) is 0 Å². The molecule has 21 heavy (non-hydrogen) atoms. The molecule has 0 spiro atoms. The quantitative estimate of drug-likeness (QED) is 0.765. The summed E-state index contributed by atoms with van der Waals surface area (Å²) in [5.74, 6) is 0. The lowest BCUT2D eigenvalue weighted by molar-refractivity contribution is -0.137. The SMILES string of the molecule is CC.COCc1sc(-c2ccc(C(F)(F)F)cc2)nc1C. The Bertz CT molecular complexity index is 561. The van der Waals surface area contributed by atoms with Crippen LogP contribution in [0.25, 0.3) is 10.6 Å². The zero-order chi connectivity index (χ0) is 16.0. The Labute approximate surface area is 126 Å².